The van der Waals surface area contributed by atoms with E-state index >= 15 is 0 Å². The van der Waals surface area contributed by atoms with E-state index in [2.05, 4.69) is 31.7 Å². The van der Waals surface area contributed by atoms with E-state index in [0.29, 0.717) is 48.5 Å². The number of hydrogen-bond acceptors (Lipinski definition) is 9. The molecule has 1 aliphatic heterocycles. The number of hydrogen-bond donors (Lipinski definition) is 3. The molecule has 2 aromatic heterocycles. The number of fused-ring (bicyclic) bond motifs is 1. The molecule has 0 unspecified atom stereocenters. The van der Waals surface area contributed by atoms with Crippen molar-refractivity contribution in [3.63, 3.8) is 0 Å². The van der Waals surface area contributed by atoms with Crippen LogP contribution in [0.15, 0.2) is 42.7 Å². The van der Waals surface area contributed by atoms with Crippen molar-refractivity contribution in [1.82, 2.24) is 15.0 Å². The maximum Gasteiger partial charge on any atom is 0.237 e. The molecule has 1 aliphatic rings. The molecule has 0 bridgehead atoms. The summed E-state index contributed by atoms with van der Waals surface area (Å²) in [6, 6.07) is 11.5. The average molecular weight is 461 g/mol. The molecular formula is C25H28N6O3. The standard InChI is InChI=1S/C25H28N6O3/c1-16(2)33-9-10-34-23-21(5-4-7-27-23)31-24-28-8-6-20(30-24)17-11-18(13-26)22-19(12-17)25(3,15-32)14-29-22/h4-8,11-12,16,29,32H,9-10,14-15H2,1-3H3,(H,28,30,31)/t25-/m1/s1. The van der Waals surface area contributed by atoms with Gasteiger partial charge in [0, 0.05) is 29.9 Å². The lowest BCUT2D eigenvalue weighted by atomic mass is 9.83. The highest BCUT2D eigenvalue weighted by Gasteiger charge is 2.36. The predicted molar refractivity (Wildman–Crippen MR) is 129 cm³/mol. The first kappa shape index (κ1) is 23.4. The number of nitriles is 1. The molecule has 0 aliphatic carbocycles. The number of nitrogens with zero attached hydrogens (tertiary/aromatic N) is 4. The lowest BCUT2D eigenvalue weighted by molar-refractivity contribution is 0.0544. The zero-order valence-electron chi connectivity index (χ0n) is 19.5. The van der Waals surface area contributed by atoms with Gasteiger partial charge in [-0.15, -0.1) is 0 Å². The van der Waals surface area contributed by atoms with Gasteiger partial charge in [0.25, 0.3) is 0 Å². The van der Waals surface area contributed by atoms with Gasteiger partial charge in [-0.1, -0.05) is 6.92 Å². The van der Waals surface area contributed by atoms with E-state index in [1.54, 1.807) is 30.6 Å². The van der Waals surface area contributed by atoms with Crippen LogP contribution in [0, 0.1) is 11.3 Å². The summed E-state index contributed by atoms with van der Waals surface area (Å²) in [5, 5.41) is 26.1. The second-order valence-corrected chi connectivity index (χ2v) is 8.65. The van der Waals surface area contributed by atoms with E-state index in [9.17, 15) is 10.4 Å². The fourth-order valence-corrected chi connectivity index (χ4v) is 3.79. The zero-order chi connectivity index (χ0) is 24.1. The first-order valence-electron chi connectivity index (χ1n) is 11.2. The Balaban J connectivity index is 1.59. The van der Waals surface area contributed by atoms with E-state index in [1.807, 2.05) is 32.9 Å². The molecule has 3 heterocycles. The molecule has 1 aromatic carbocycles. The highest BCUT2D eigenvalue weighted by atomic mass is 16.5. The molecule has 0 amide bonds. The largest absolute Gasteiger partial charge is 0.474 e. The molecule has 0 radical (unpaired) electrons. The van der Waals surface area contributed by atoms with E-state index in [4.69, 9.17) is 9.47 Å². The summed E-state index contributed by atoms with van der Waals surface area (Å²) in [5.41, 5.74) is 3.79. The monoisotopic (exact) mass is 460 g/mol. The van der Waals surface area contributed by atoms with Crippen LogP contribution in [-0.4, -0.2) is 52.5 Å². The molecule has 0 spiro atoms. The Labute approximate surface area is 198 Å². The van der Waals surface area contributed by atoms with E-state index in [0.717, 1.165) is 16.8 Å². The number of pyridine rings is 1. The molecule has 4 rings (SSSR count). The number of ether oxygens (including phenoxy) is 2. The van der Waals surface area contributed by atoms with Gasteiger partial charge in [-0.2, -0.15) is 5.26 Å². The summed E-state index contributed by atoms with van der Waals surface area (Å²) in [6.45, 7) is 7.29. The summed E-state index contributed by atoms with van der Waals surface area (Å²) in [4.78, 5) is 13.3. The molecule has 0 saturated carbocycles. The average Bonchev–Trinajstić information content (AvgIpc) is 3.19. The van der Waals surface area contributed by atoms with Crippen molar-refractivity contribution >= 4 is 17.3 Å². The van der Waals surface area contributed by atoms with Gasteiger partial charge in [0.1, 0.15) is 18.4 Å². The Morgan fingerprint density at radius 3 is 2.85 bits per heavy atom. The van der Waals surface area contributed by atoms with Crippen LogP contribution in [0.5, 0.6) is 5.88 Å². The highest BCUT2D eigenvalue weighted by molar-refractivity contribution is 5.76. The first-order chi connectivity index (χ1) is 16.4. The predicted octanol–water partition coefficient (Wildman–Crippen LogP) is 3.63. The number of aliphatic hydroxyl groups is 1. The van der Waals surface area contributed by atoms with Gasteiger partial charge in [0.15, 0.2) is 0 Å². The van der Waals surface area contributed by atoms with Crippen molar-refractivity contribution in [2.75, 3.05) is 37.0 Å². The Bertz CT molecular complexity index is 1210. The summed E-state index contributed by atoms with van der Waals surface area (Å²) >= 11 is 0. The summed E-state index contributed by atoms with van der Waals surface area (Å²) in [5.74, 6) is 0.800. The smallest absolute Gasteiger partial charge is 0.237 e. The van der Waals surface area contributed by atoms with Crippen LogP contribution in [0.4, 0.5) is 17.3 Å². The van der Waals surface area contributed by atoms with Gasteiger partial charge in [-0.25, -0.2) is 15.0 Å². The second kappa shape index (κ2) is 10.0. The number of nitrogens with one attached hydrogen (secondary N) is 2. The van der Waals surface area contributed by atoms with Crippen LogP contribution in [0.2, 0.25) is 0 Å². The molecule has 0 saturated heterocycles. The number of benzene rings is 1. The fourth-order valence-electron chi connectivity index (χ4n) is 3.79. The molecule has 0 fully saturated rings. The molecule has 9 nitrogen and oxygen atoms in total. The third kappa shape index (κ3) is 4.93. The number of rotatable bonds is 9. The quantitative estimate of drug-likeness (QED) is 0.410. The van der Waals surface area contributed by atoms with Crippen LogP contribution in [-0.2, 0) is 10.2 Å². The normalized spacial score (nSPS) is 16.6. The van der Waals surface area contributed by atoms with Gasteiger partial charge in [0.2, 0.25) is 11.8 Å². The van der Waals surface area contributed by atoms with Crippen LogP contribution in [0.25, 0.3) is 11.3 Å². The minimum absolute atomic E-state index is 0.0239. The minimum atomic E-state index is -0.466. The lowest BCUT2D eigenvalue weighted by Gasteiger charge is -2.21. The second-order valence-electron chi connectivity index (χ2n) is 8.65. The van der Waals surface area contributed by atoms with Crippen LogP contribution >= 0.6 is 0 Å². The molecule has 3 N–H and O–H groups in total. The molecule has 9 heteroatoms. The Morgan fingerprint density at radius 2 is 2.09 bits per heavy atom. The SMILES string of the molecule is CC(C)OCCOc1ncccc1Nc1nccc(-c2cc(C#N)c3c(c2)[C@@](C)(CO)CN3)n1. The third-order valence-corrected chi connectivity index (χ3v) is 5.66. The lowest BCUT2D eigenvalue weighted by Crippen LogP contribution is -2.28. The van der Waals surface area contributed by atoms with Gasteiger partial charge in [-0.05, 0) is 49.7 Å². The Kier molecular flexibility index (Phi) is 6.91. The van der Waals surface area contributed by atoms with Gasteiger partial charge in [0.05, 0.1) is 36.3 Å². The summed E-state index contributed by atoms with van der Waals surface area (Å²) in [6.07, 6.45) is 3.44. The third-order valence-electron chi connectivity index (χ3n) is 5.66. The molecule has 3 aromatic rings. The maximum atomic E-state index is 9.95. The molecular weight excluding hydrogens is 432 g/mol. The van der Waals surface area contributed by atoms with Crippen LogP contribution in [0.1, 0.15) is 31.9 Å². The summed E-state index contributed by atoms with van der Waals surface area (Å²) < 4.78 is 11.3. The first-order valence-corrected chi connectivity index (χ1v) is 11.2. The van der Waals surface area contributed by atoms with Crippen LogP contribution in [0.3, 0.4) is 0 Å². The van der Waals surface area contributed by atoms with E-state index < -0.39 is 5.41 Å². The van der Waals surface area contributed by atoms with Crippen molar-refractivity contribution in [2.45, 2.75) is 32.3 Å². The van der Waals surface area contributed by atoms with Gasteiger partial charge >= 0.3 is 0 Å². The summed E-state index contributed by atoms with van der Waals surface area (Å²) in [7, 11) is 0. The number of aliphatic hydroxyl groups excluding tert-OH is 1. The van der Waals surface area contributed by atoms with Gasteiger partial charge < -0.3 is 25.2 Å². The van der Waals surface area contributed by atoms with Crippen molar-refractivity contribution in [2.24, 2.45) is 0 Å². The van der Waals surface area contributed by atoms with Crippen LogP contribution < -0.4 is 15.4 Å². The molecule has 34 heavy (non-hydrogen) atoms. The van der Waals surface area contributed by atoms with E-state index in [1.165, 1.54) is 0 Å². The van der Waals surface area contributed by atoms with Crippen molar-refractivity contribution in [1.29, 1.82) is 5.26 Å². The fraction of sp³-hybridized carbons (Fsp3) is 0.360. The van der Waals surface area contributed by atoms with Crippen molar-refractivity contribution in [3.05, 3.63) is 53.9 Å². The number of aromatic nitrogens is 3. The molecule has 176 valence electrons. The highest BCUT2D eigenvalue weighted by Crippen LogP contribution is 2.41. The molecule has 1 atom stereocenters. The Hall–Kier alpha value is -3.74. The number of anilines is 3. The topological polar surface area (TPSA) is 125 Å². The zero-order valence-corrected chi connectivity index (χ0v) is 19.5. The minimum Gasteiger partial charge on any atom is -0.474 e. The van der Waals surface area contributed by atoms with Crippen molar-refractivity contribution in [3.8, 4) is 23.2 Å². The van der Waals surface area contributed by atoms with E-state index in [-0.39, 0.29) is 12.7 Å². The maximum absolute atomic E-state index is 9.95. The van der Waals surface area contributed by atoms with Crippen molar-refractivity contribution < 1.29 is 14.6 Å². The Morgan fingerprint density at radius 1 is 1.24 bits per heavy atom. The van der Waals surface area contributed by atoms with Gasteiger partial charge in [-0.3, -0.25) is 0 Å².